The third-order valence-electron chi connectivity index (χ3n) is 3.87. The van der Waals surface area contributed by atoms with Crippen LogP contribution in [0.4, 0.5) is 0 Å². The standard InChI is InChI=1S/C15H15BN4O3S.H2/c1-19-12-11(13(22)20(2)15(19)23)17-14(18-12)24-7-10(21)8-4-3-5-9(16)6-8;/h4,6H,3,5,7H2,1-2H3,(H,17,18);1H. The van der Waals surface area contributed by atoms with Gasteiger partial charge in [0.2, 0.25) is 0 Å². The number of aryl methyl sites for hydroxylation is 1. The third-order valence-corrected chi connectivity index (χ3v) is 4.75. The molecule has 0 bridgehead atoms. The molecule has 0 saturated heterocycles. The minimum Gasteiger partial charge on any atom is -0.327 e. The summed E-state index contributed by atoms with van der Waals surface area (Å²) in [5.41, 5.74) is 0.942. The van der Waals surface area contributed by atoms with Crippen LogP contribution in [-0.4, -0.2) is 38.5 Å². The van der Waals surface area contributed by atoms with Crippen LogP contribution in [-0.2, 0) is 18.9 Å². The van der Waals surface area contributed by atoms with Crippen LogP contribution in [0, 0.1) is 0 Å². The van der Waals surface area contributed by atoms with Crippen LogP contribution in [0.5, 0.6) is 0 Å². The maximum Gasteiger partial charge on any atom is 0.332 e. The second-order valence-electron chi connectivity index (χ2n) is 5.58. The number of rotatable bonds is 4. The topological polar surface area (TPSA) is 89.8 Å². The number of Topliss-reactive ketones (excluding diaryl/α,β-unsaturated/α-hetero) is 1. The highest BCUT2D eigenvalue weighted by Crippen LogP contribution is 2.21. The predicted octanol–water partition coefficient (Wildman–Crippen LogP) is 0.640. The van der Waals surface area contributed by atoms with E-state index in [2.05, 4.69) is 9.97 Å². The Bertz CT molecular complexity index is 1020. The molecule has 1 N–H and O–H groups in total. The largest absolute Gasteiger partial charge is 0.332 e. The Morgan fingerprint density at radius 1 is 1.42 bits per heavy atom. The van der Waals surface area contributed by atoms with E-state index >= 15 is 0 Å². The van der Waals surface area contributed by atoms with E-state index in [1.54, 1.807) is 13.1 Å². The SMILES string of the molecule is [B]C1=CC(C(=O)CSc2nc3c([nH]2)c(=O)n(C)c(=O)n3C)=CCC1.[HH]. The lowest BCUT2D eigenvalue weighted by Gasteiger charge is -2.09. The van der Waals surface area contributed by atoms with Crippen molar-refractivity contribution in [2.75, 3.05) is 5.75 Å². The minimum absolute atomic E-state index is 0. The zero-order valence-corrected chi connectivity index (χ0v) is 14.1. The molecular formula is C15H17BN4O3S. The normalized spacial score (nSPS) is 14.6. The van der Waals surface area contributed by atoms with Crippen LogP contribution in [0.2, 0.25) is 0 Å². The maximum absolute atomic E-state index is 12.2. The van der Waals surface area contributed by atoms with Gasteiger partial charge in [-0.1, -0.05) is 23.9 Å². The number of carbonyl (C=O) groups excluding carboxylic acids is 1. The first kappa shape index (κ1) is 16.6. The number of aromatic nitrogens is 4. The molecule has 0 aliphatic heterocycles. The van der Waals surface area contributed by atoms with Gasteiger partial charge in [0.25, 0.3) is 5.56 Å². The van der Waals surface area contributed by atoms with Crippen molar-refractivity contribution in [3.05, 3.63) is 44.0 Å². The molecule has 0 fully saturated rings. The Morgan fingerprint density at radius 2 is 2.17 bits per heavy atom. The van der Waals surface area contributed by atoms with Crippen molar-refractivity contribution >= 4 is 36.6 Å². The summed E-state index contributed by atoms with van der Waals surface area (Å²) in [7, 11) is 8.71. The zero-order chi connectivity index (χ0) is 17.4. The number of aromatic amines is 1. The summed E-state index contributed by atoms with van der Waals surface area (Å²) in [4.78, 5) is 43.4. The number of hydrogen-bond acceptors (Lipinski definition) is 5. The van der Waals surface area contributed by atoms with Crippen LogP contribution in [0.15, 0.2) is 37.9 Å². The summed E-state index contributed by atoms with van der Waals surface area (Å²) < 4.78 is 2.31. The van der Waals surface area contributed by atoms with Crippen LogP contribution in [0.1, 0.15) is 14.3 Å². The molecule has 2 aromatic heterocycles. The summed E-state index contributed by atoms with van der Waals surface area (Å²) >= 11 is 1.19. The Balaban J connectivity index is 0.00000225. The molecule has 124 valence electrons. The van der Waals surface area contributed by atoms with E-state index in [0.717, 1.165) is 17.4 Å². The smallest absolute Gasteiger partial charge is 0.327 e. The van der Waals surface area contributed by atoms with Crippen LogP contribution in [0.3, 0.4) is 0 Å². The number of imidazole rings is 1. The van der Waals surface area contributed by atoms with E-state index in [0.29, 0.717) is 16.2 Å². The maximum atomic E-state index is 12.2. The van der Waals surface area contributed by atoms with Gasteiger partial charge in [0.1, 0.15) is 7.85 Å². The fraction of sp³-hybridized carbons (Fsp3) is 0.333. The second kappa shape index (κ2) is 6.31. The van der Waals surface area contributed by atoms with Gasteiger partial charge in [-0.2, -0.15) is 0 Å². The molecule has 0 saturated carbocycles. The molecule has 0 unspecified atom stereocenters. The lowest BCUT2D eigenvalue weighted by atomic mass is 9.85. The molecule has 0 amide bonds. The van der Waals surface area contributed by atoms with Crippen molar-refractivity contribution in [3.63, 3.8) is 0 Å². The van der Waals surface area contributed by atoms with E-state index in [-0.39, 0.29) is 24.1 Å². The first-order valence-corrected chi connectivity index (χ1v) is 8.35. The molecule has 1 aliphatic carbocycles. The van der Waals surface area contributed by atoms with E-state index in [1.165, 1.54) is 23.4 Å². The molecule has 1 aliphatic rings. The molecular weight excluding hydrogens is 327 g/mol. The van der Waals surface area contributed by atoms with Crippen LogP contribution < -0.4 is 11.2 Å². The monoisotopic (exact) mass is 344 g/mol. The van der Waals surface area contributed by atoms with E-state index in [4.69, 9.17) is 7.85 Å². The molecule has 0 aromatic carbocycles. The summed E-state index contributed by atoms with van der Waals surface area (Å²) in [6.07, 6.45) is 5.10. The summed E-state index contributed by atoms with van der Waals surface area (Å²) in [5, 5.41) is 0.421. The third kappa shape index (κ3) is 2.91. The van der Waals surface area contributed by atoms with Gasteiger partial charge in [-0.15, -0.1) is 5.47 Å². The van der Waals surface area contributed by atoms with E-state index in [9.17, 15) is 14.4 Å². The number of allylic oxidation sites excluding steroid dienone is 4. The van der Waals surface area contributed by atoms with Crippen molar-refractivity contribution in [2.45, 2.75) is 18.0 Å². The first-order valence-electron chi connectivity index (χ1n) is 7.36. The molecule has 7 nitrogen and oxygen atoms in total. The van der Waals surface area contributed by atoms with Gasteiger partial charge in [-0.3, -0.25) is 18.7 Å². The number of fused-ring (bicyclic) bond motifs is 1. The lowest BCUT2D eigenvalue weighted by molar-refractivity contribution is -0.112. The van der Waals surface area contributed by atoms with Gasteiger partial charge in [0, 0.05) is 21.1 Å². The molecule has 2 heterocycles. The Kier molecular flexibility index (Phi) is 4.36. The number of nitrogens with one attached hydrogen (secondary N) is 1. The second-order valence-corrected chi connectivity index (χ2v) is 6.54. The summed E-state index contributed by atoms with van der Waals surface area (Å²) in [5.74, 6) is 0.119. The fourth-order valence-electron chi connectivity index (χ4n) is 2.51. The van der Waals surface area contributed by atoms with Gasteiger partial charge < -0.3 is 4.98 Å². The molecule has 2 radical (unpaired) electrons. The van der Waals surface area contributed by atoms with Crippen LogP contribution in [0.25, 0.3) is 11.2 Å². The van der Waals surface area contributed by atoms with Crippen molar-refractivity contribution in [2.24, 2.45) is 14.1 Å². The van der Waals surface area contributed by atoms with Gasteiger partial charge in [-0.25, -0.2) is 9.78 Å². The Morgan fingerprint density at radius 3 is 2.88 bits per heavy atom. The first-order chi connectivity index (χ1) is 11.4. The average Bonchev–Trinajstić information content (AvgIpc) is 3.00. The number of thioether (sulfide) groups is 1. The molecule has 0 spiro atoms. The highest BCUT2D eigenvalue weighted by molar-refractivity contribution is 7.99. The Labute approximate surface area is 144 Å². The number of hydrogen-bond donors (Lipinski definition) is 1. The van der Waals surface area contributed by atoms with Gasteiger partial charge in [0.15, 0.2) is 22.1 Å². The highest BCUT2D eigenvalue weighted by Gasteiger charge is 2.16. The van der Waals surface area contributed by atoms with Crippen molar-refractivity contribution < 1.29 is 6.22 Å². The molecule has 3 rings (SSSR count). The number of ketones is 1. The molecule has 0 atom stereocenters. The van der Waals surface area contributed by atoms with Gasteiger partial charge >= 0.3 is 5.69 Å². The van der Waals surface area contributed by atoms with Crippen LogP contribution >= 0.6 is 11.8 Å². The summed E-state index contributed by atoms with van der Waals surface area (Å²) in [6, 6.07) is 0. The Hall–Kier alpha value is -2.29. The minimum atomic E-state index is -0.445. The van der Waals surface area contributed by atoms with Crippen molar-refractivity contribution in [1.82, 2.24) is 19.1 Å². The highest BCUT2D eigenvalue weighted by atomic mass is 32.2. The van der Waals surface area contributed by atoms with Gasteiger partial charge in [-0.05, 0) is 12.8 Å². The number of H-pyrrole nitrogens is 1. The molecule has 24 heavy (non-hydrogen) atoms. The zero-order valence-electron chi connectivity index (χ0n) is 13.3. The van der Waals surface area contributed by atoms with E-state index in [1.807, 2.05) is 6.08 Å². The van der Waals surface area contributed by atoms with Crippen molar-refractivity contribution in [1.29, 1.82) is 0 Å². The fourth-order valence-corrected chi connectivity index (χ4v) is 3.27. The quantitative estimate of drug-likeness (QED) is 0.649. The van der Waals surface area contributed by atoms with Crippen molar-refractivity contribution in [3.8, 4) is 0 Å². The molecule has 2 aromatic rings. The van der Waals surface area contributed by atoms with Gasteiger partial charge in [0.05, 0.1) is 5.75 Å². The number of nitrogens with zero attached hydrogens (tertiary/aromatic N) is 3. The molecule has 9 heteroatoms. The average molecular weight is 344 g/mol. The lowest BCUT2D eigenvalue weighted by Crippen LogP contribution is -2.36. The predicted molar refractivity (Wildman–Crippen MR) is 95.6 cm³/mol. The van der Waals surface area contributed by atoms with E-state index < -0.39 is 11.2 Å². The summed E-state index contributed by atoms with van der Waals surface area (Å²) in [6.45, 7) is 0. The number of carbonyl (C=O) groups is 1.